The Morgan fingerprint density at radius 1 is 1.03 bits per heavy atom. The molecule has 0 saturated heterocycles. The van der Waals surface area contributed by atoms with Crippen LogP contribution in [0.3, 0.4) is 0 Å². The molecule has 0 fully saturated rings. The average molecular weight is 472 g/mol. The summed E-state index contributed by atoms with van der Waals surface area (Å²) in [6, 6.07) is 11.0. The van der Waals surface area contributed by atoms with Crippen molar-refractivity contribution >= 4 is 23.7 Å². The maximum Gasteiger partial charge on any atom is 0.417 e. The topological polar surface area (TPSA) is 55.8 Å². The van der Waals surface area contributed by atoms with E-state index in [0.29, 0.717) is 5.56 Å². The van der Waals surface area contributed by atoms with Crippen molar-refractivity contribution in [1.82, 2.24) is 4.90 Å². The summed E-state index contributed by atoms with van der Waals surface area (Å²) in [6.45, 7) is 5.01. The molecule has 0 saturated carbocycles. The van der Waals surface area contributed by atoms with Gasteiger partial charge in [-0.1, -0.05) is 48.0 Å². The lowest BCUT2D eigenvalue weighted by molar-refractivity contribution is -0.150. The fourth-order valence-electron chi connectivity index (χ4n) is 2.80. The van der Waals surface area contributed by atoms with Gasteiger partial charge in [0.15, 0.2) is 0 Å². The summed E-state index contributed by atoms with van der Waals surface area (Å²) < 4.78 is 49.7. The van der Waals surface area contributed by atoms with Crippen LogP contribution in [0.15, 0.2) is 48.5 Å². The molecule has 5 nitrogen and oxygen atoms in total. The van der Waals surface area contributed by atoms with Gasteiger partial charge >= 0.3 is 18.2 Å². The van der Waals surface area contributed by atoms with Gasteiger partial charge in [0, 0.05) is 13.5 Å². The predicted molar refractivity (Wildman–Crippen MR) is 114 cm³/mol. The Balaban J connectivity index is 2.25. The van der Waals surface area contributed by atoms with Gasteiger partial charge in [-0.15, -0.1) is 0 Å². The number of nitrogens with zero attached hydrogens (tertiary/aromatic N) is 1. The lowest BCUT2D eigenvalue weighted by Crippen LogP contribution is -2.46. The molecule has 2 rings (SSSR count). The van der Waals surface area contributed by atoms with Gasteiger partial charge in [-0.05, 0) is 44.0 Å². The van der Waals surface area contributed by atoms with Gasteiger partial charge < -0.3 is 9.47 Å². The highest BCUT2D eigenvalue weighted by Gasteiger charge is 2.35. The highest BCUT2D eigenvalue weighted by Crippen LogP contribution is 2.35. The average Bonchev–Trinajstić information content (AvgIpc) is 2.68. The zero-order chi connectivity index (χ0) is 24.1. The molecular formula is C23H25ClF3NO4. The van der Waals surface area contributed by atoms with Gasteiger partial charge in [0.25, 0.3) is 0 Å². The van der Waals surface area contributed by atoms with Gasteiger partial charge in [0.2, 0.25) is 0 Å². The molecule has 0 N–H and O–H groups in total. The number of halogens is 4. The number of carbonyl (C=O) groups excluding carboxylic acids is 2. The Bertz CT molecular complexity index is 942. The number of amides is 1. The number of likely N-dealkylation sites (N-methyl/N-ethyl adjacent to an activating group) is 1. The summed E-state index contributed by atoms with van der Waals surface area (Å²) in [5, 5.41) is -0.494. The summed E-state index contributed by atoms with van der Waals surface area (Å²) in [5.41, 5.74) is -0.703. The predicted octanol–water partition coefficient (Wildman–Crippen LogP) is 5.88. The Morgan fingerprint density at radius 2 is 1.66 bits per heavy atom. The Hall–Kier alpha value is -2.74. The molecule has 9 heteroatoms. The summed E-state index contributed by atoms with van der Waals surface area (Å²) in [5.74, 6) is -0.724. The van der Waals surface area contributed by atoms with E-state index in [1.165, 1.54) is 13.1 Å². The number of alkyl halides is 3. The van der Waals surface area contributed by atoms with Gasteiger partial charge in [0.1, 0.15) is 18.2 Å². The summed E-state index contributed by atoms with van der Waals surface area (Å²) in [7, 11) is 1.37. The standard InChI is InChI=1S/C23H25ClF3NO4/c1-22(2,3)32-21(30)28(4)19(20(29)31-14-15-8-6-5-7-9-15)13-16-10-11-17(18(24)12-16)23(25,26)27/h5-12,19H,13-14H2,1-4H3. The largest absolute Gasteiger partial charge is 0.459 e. The Kier molecular flexibility index (Phi) is 8.18. The van der Waals surface area contributed by atoms with E-state index in [4.69, 9.17) is 21.1 Å². The quantitative estimate of drug-likeness (QED) is 0.494. The molecule has 0 aliphatic heterocycles. The fourth-order valence-corrected chi connectivity index (χ4v) is 3.11. The minimum Gasteiger partial charge on any atom is -0.459 e. The van der Waals surface area contributed by atoms with E-state index in [1.807, 2.05) is 6.07 Å². The zero-order valence-electron chi connectivity index (χ0n) is 18.2. The number of ether oxygens (including phenoxy) is 2. The molecule has 0 aromatic heterocycles. The van der Waals surface area contributed by atoms with Crippen LogP contribution in [0.1, 0.15) is 37.5 Å². The molecule has 0 radical (unpaired) electrons. The van der Waals surface area contributed by atoms with Gasteiger partial charge in [-0.3, -0.25) is 4.90 Å². The second kappa shape index (κ2) is 10.3. The molecule has 2 aromatic carbocycles. The van der Waals surface area contributed by atoms with E-state index in [-0.39, 0.29) is 13.0 Å². The van der Waals surface area contributed by atoms with Crippen molar-refractivity contribution in [2.24, 2.45) is 0 Å². The molecule has 1 amide bonds. The lowest BCUT2D eigenvalue weighted by Gasteiger charge is -2.29. The Morgan fingerprint density at radius 3 is 2.19 bits per heavy atom. The molecule has 1 unspecified atom stereocenters. The number of esters is 1. The van der Waals surface area contributed by atoms with Crippen molar-refractivity contribution in [3.63, 3.8) is 0 Å². The van der Waals surface area contributed by atoms with Crippen LogP contribution in [0.25, 0.3) is 0 Å². The highest BCUT2D eigenvalue weighted by molar-refractivity contribution is 6.31. The van der Waals surface area contributed by atoms with E-state index in [1.54, 1.807) is 45.0 Å². The monoisotopic (exact) mass is 471 g/mol. The van der Waals surface area contributed by atoms with E-state index in [0.717, 1.165) is 22.6 Å². The molecule has 0 aliphatic rings. The molecule has 2 aromatic rings. The van der Waals surface area contributed by atoms with Crippen LogP contribution < -0.4 is 0 Å². The van der Waals surface area contributed by atoms with Crippen molar-refractivity contribution in [3.05, 3.63) is 70.2 Å². The van der Waals surface area contributed by atoms with Crippen molar-refractivity contribution in [2.75, 3.05) is 7.05 Å². The van der Waals surface area contributed by atoms with Crippen molar-refractivity contribution in [2.45, 2.75) is 51.6 Å². The minimum absolute atomic E-state index is 0.0217. The van der Waals surface area contributed by atoms with Crippen LogP contribution in [-0.4, -0.2) is 35.7 Å². The maximum absolute atomic E-state index is 13.0. The zero-order valence-corrected chi connectivity index (χ0v) is 19.0. The molecule has 0 spiro atoms. The summed E-state index contributed by atoms with van der Waals surface area (Å²) in [6.07, 6.45) is -5.48. The van der Waals surface area contributed by atoms with Gasteiger partial charge in [-0.25, -0.2) is 9.59 Å². The van der Waals surface area contributed by atoms with Crippen molar-refractivity contribution in [3.8, 4) is 0 Å². The van der Waals surface area contributed by atoms with E-state index in [2.05, 4.69) is 0 Å². The van der Waals surface area contributed by atoms with Crippen LogP contribution in [0.5, 0.6) is 0 Å². The molecule has 0 aliphatic carbocycles. The van der Waals surface area contributed by atoms with Crippen LogP contribution in [0.2, 0.25) is 5.02 Å². The van der Waals surface area contributed by atoms with Crippen molar-refractivity contribution in [1.29, 1.82) is 0 Å². The molecular weight excluding hydrogens is 447 g/mol. The number of hydrogen-bond donors (Lipinski definition) is 0. The van der Waals surface area contributed by atoms with E-state index >= 15 is 0 Å². The third kappa shape index (κ3) is 7.44. The molecule has 0 heterocycles. The Labute approximate surface area is 190 Å². The van der Waals surface area contributed by atoms with Crippen LogP contribution in [-0.2, 0) is 33.5 Å². The first-order valence-electron chi connectivity index (χ1n) is 9.80. The first-order valence-corrected chi connectivity index (χ1v) is 10.2. The summed E-state index contributed by atoms with van der Waals surface area (Å²) >= 11 is 5.81. The van der Waals surface area contributed by atoms with E-state index < -0.39 is 40.5 Å². The second-order valence-corrected chi connectivity index (χ2v) is 8.62. The SMILES string of the molecule is CN(C(=O)OC(C)(C)C)C(Cc1ccc(C(F)(F)F)c(Cl)c1)C(=O)OCc1ccccc1. The van der Waals surface area contributed by atoms with E-state index in [9.17, 15) is 22.8 Å². The van der Waals surface area contributed by atoms with Crippen LogP contribution >= 0.6 is 11.6 Å². The molecule has 1 atom stereocenters. The first-order chi connectivity index (χ1) is 14.8. The number of carbonyl (C=O) groups is 2. The second-order valence-electron chi connectivity index (χ2n) is 8.22. The third-order valence-corrected chi connectivity index (χ3v) is 4.73. The van der Waals surface area contributed by atoms with Gasteiger partial charge in [-0.2, -0.15) is 13.2 Å². The van der Waals surface area contributed by atoms with Crippen molar-refractivity contribution < 1.29 is 32.2 Å². The number of hydrogen-bond acceptors (Lipinski definition) is 4. The first kappa shape index (κ1) is 25.5. The third-order valence-electron chi connectivity index (χ3n) is 4.41. The smallest absolute Gasteiger partial charge is 0.417 e. The molecule has 0 bridgehead atoms. The van der Waals surface area contributed by atoms with Crippen LogP contribution in [0, 0.1) is 0 Å². The maximum atomic E-state index is 13.0. The van der Waals surface area contributed by atoms with Gasteiger partial charge in [0.05, 0.1) is 10.6 Å². The number of benzene rings is 2. The highest BCUT2D eigenvalue weighted by atomic mass is 35.5. The summed E-state index contributed by atoms with van der Waals surface area (Å²) in [4.78, 5) is 26.5. The lowest BCUT2D eigenvalue weighted by atomic mass is 10.0. The molecule has 174 valence electrons. The fraction of sp³-hybridized carbons (Fsp3) is 0.391. The number of rotatable bonds is 6. The normalized spacial score (nSPS) is 12.8. The van der Waals surface area contributed by atoms with Crippen LogP contribution in [0.4, 0.5) is 18.0 Å². The molecule has 32 heavy (non-hydrogen) atoms. The minimum atomic E-state index is -4.60.